The highest BCUT2D eigenvalue weighted by atomic mass is 16.3. The number of rotatable bonds is 7. The van der Waals surface area contributed by atoms with Gasteiger partial charge < -0.3 is 4.42 Å². The van der Waals surface area contributed by atoms with Crippen molar-refractivity contribution in [3.63, 3.8) is 0 Å². The first-order valence-corrected chi connectivity index (χ1v) is 10.0. The molecule has 146 valence electrons. The number of Topliss-reactive ketones (excluding diaryl/α,β-unsaturated/α-hetero) is 1. The van der Waals surface area contributed by atoms with Crippen LogP contribution in [0.4, 0.5) is 0 Å². The lowest BCUT2D eigenvalue weighted by Gasteiger charge is -2.32. The van der Waals surface area contributed by atoms with Crippen molar-refractivity contribution in [3.05, 3.63) is 47.9 Å². The van der Waals surface area contributed by atoms with Crippen molar-refractivity contribution in [1.82, 2.24) is 14.9 Å². The SMILES string of the molecule is CC(C)(C)c1ccc(CN2CCC(CCCC(=O)c3ncco3)CC2)cn1. The smallest absolute Gasteiger partial charge is 0.263 e. The molecule has 1 fully saturated rings. The molecule has 0 atom stereocenters. The van der Waals surface area contributed by atoms with Gasteiger partial charge in [-0.1, -0.05) is 26.8 Å². The monoisotopic (exact) mass is 369 g/mol. The van der Waals surface area contributed by atoms with Crippen LogP contribution in [0.1, 0.15) is 74.8 Å². The van der Waals surface area contributed by atoms with Gasteiger partial charge in [-0.2, -0.15) is 0 Å². The lowest BCUT2D eigenvalue weighted by atomic mass is 9.90. The molecule has 0 saturated carbocycles. The Morgan fingerprint density at radius 2 is 2.00 bits per heavy atom. The van der Waals surface area contributed by atoms with Crippen LogP contribution in [-0.4, -0.2) is 33.7 Å². The molecule has 3 heterocycles. The summed E-state index contributed by atoms with van der Waals surface area (Å²) < 4.78 is 5.06. The van der Waals surface area contributed by atoms with E-state index in [-0.39, 0.29) is 17.1 Å². The Bertz CT molecular complexity index is 709. The Morgan fingerprint density at radius 1 is 1.22 bits per heavy atom. The Balaban J connectivity index is 1.37. The average molecular weight is 370 g/mol. The van der Waals surface area contributed by atoms with E-state index >= 15 is 0 Å². The van der Waals surface area contributed by atoms with Gasteiger partial charge in [-0.05, 0) is 56.3 Å². The second-order valence-corrected chi connectivity index (χ2v) is 8.67. The van der Waals surface area contributed by atoms with Crippen LogP contribution in [0.15, 0.2) is 35.2 Å². The fourth-order valence-corrected chi connectivity index (χ4v) is 3.67. The molecule has 0 bridgehead atoms. The molecular weight excluding hydrogens is 338 g/mol. The number of likely N-dealkylation sites (tertiary alicyclic amines) is 1. The first-order chi connectivity index (χ1) is 12.9. The predicted octanol–water partition coefficient (Wildman–Crippen LogP) is 4.63. The first kappa shape index (κ1) is 19.7. The molecule has 0 amide bonds. The van der Waals surface area contributed by atoms with Gasteiger partial charge in [-0.25, -0.2) is 4.98 Å². The molecule has 0 aliphatic carbocycles. The minimum atomic E-state index is 0.0173. The molecule has 1 saturated heterocycles. The van der Waals surface area contributed by atoms with Crippen LogP contribution in [0.25, 0.3) is 0 Å². The zero-order chi connectivity index (χ0) is 19.3. The summed E-state index contributed by atoms with van der Waals surface area (Å²) in [5.74, 6) is 0.986. The summed E-state index contributed by atoms with van der Waals surface area (Å²) in [5.41, 5.74) is 2.54. The molecule has 1 aliphatic heterocycles. The number of oxazole rings is 1. The quantitative estimate of drug-likeness (QED) is 0.666. The highest BCUT2D eigenvalue weighted by molar-refractivity contribution is 5.91. The summed E-state index contributed by atoms with van der Waals surface area (Å²) in [6, 6.07) is 4.38. The van der Waals surface area contributed by atoms with Gasteiger partial charge in [0, 0.05) is 30.3 Å². The minimum Gasteiger partial charge on any atom is -0.442 e. The van der Waals surface area contributed by atoms with E-state index in [0.29, 0.717) is 6.42 Å². The van der Waals surface area contributed by atoms with Gasteiger partial charge in [-0.3, -0.25) is 14.7 Å². The largest absolute Gasteiger partial charge is 0.442 e. The lowest BCUT2D eigenvalue weighted by molar-refractivity contribution is 0.0940. The van der Waals surface area contributed by atoms with E-state index in [4.69, 9.17) is 4.42 Å². The normalized spacial score (nSPS) is 16.6. The van der Waals surface area contributed by atoms with Gasteiger partial charge in [0.2, 0.25) is 5.78 Å². The highest BCUT2D eigenvalue weighted by Gasteiger charge is 2.20. The highest BCUT2D eigenvalue weighted by Crippen LogP contribution is 2.25. The molecule has 5 nitrogen and oxygen atoms in total. The van der Waals surface area contributed by atoms with Gasteiger partial charge in [-0.15, -0.1) is 0 Å². The summed E-state index contributed by atoms with van der Waals surface area (Å²) in [7, 11) is 0. The molecule has 3 rings (SSSR count). The number of nitrogens with zero attached hydrogens (tertiary/aromatic N) is 3. The third kappa shape index (κ3) is 5.73. The van der Waals surface area contributed by atoms with Crippen molar-refractivity contribution < 1.29 is 9.21 Å². The van der Waals surface area contributed by atoms with Crippen LogP contribution in [-0.2, 0) is 12.0 Å². The van der Waals surface area contributed by atoms with Crippen LogP contribution < -0.4 is 0 Å². The number of piperidine rings is 1. The number of carbonyl (C=O) groups is 1. The number of ketones is 1. The van der Waals surface area contributed by atoms with Crippen LogP contribution in [0.5, 0.6) is 0 Å². The molecule has 2 aromatic rings. The second-order valence-electron chi connectivity index (χ2n) is 8.67. The van der Waals surface area contributed by atoms with Crippen LogP contribution >= 0.6 is 0 Å². The summed E-state index contributed by atoms with van der Waals surface area (Å²) in [6.07, 6.45) is 9.99. The number of hydrogen-bond acceptors (Lipinski definition) is 5. The summed E-state index contributed by atoms with van der Waals surface area (Å²) in [6.45, 7) is 9.81. The van der Waals surface area contributed by atoms with Crippen molar-refractivity contribution in [3.8, 4) is 0 Å². The molecule has 2 aromatic heterocycles. The van der Waals surface area contributed by atoms with E-state index in [1.54, 1.807) is 0 Å². The number of hydrogen-bond donors (Lipinski definition) is 0. The molecule has 0 aromatic carbocycles. The first-order valence-electron chi connectivity index (χ1n) is 10.0. The van der Waals surface area contributed by atoms with Crippen LogP contribution in [0, 0.1) is 5.92 Å². The minimum absolute atomic E-state index is 0.0173. The Morgan fingerprint density at radius 3 is 2.59 bits per heavy atom. The van der Waals surface area contributed by atoms with E-state index in [1.807, 2.05) is 6.20 Å². The zero-order valence-corrected chi connectivity index (χ0v) is 16.8. The second kappa shape index (κ2) is 8.79. The molecule has 0 unspecified atom stereocenters. The molecule has 0 spiro atoms. The van der Waals surface area contributed by atoms with Crippen molar-refractivity contribution >= 4 is 5.78 Å². The molecule has 0 radical (unpaired) electrons. The van der Waals surface area contributed by atoms with Gasteiger partial charge >= 0.3 is 0 Å². The van der Waals surface area contributed by atoms with Crippen molar-refractivity contribution in [1.29, 1.82) is 0 Å². The van der Waals surface area contributed by atoms with Crippen LogP contribution in [0.3, 0.4) is 0 Å². The van der Waals surface area contributed by atoms with Gasteiger partial charge in [0.25, 0.3) is 5.89 Å². The number of carbonyl (C=O) groups excluding carboxylic acids is 1. The molecule has 27 heavy (non-hydrogen) atoms. The number of aromatic nitrogens is 2. The Hall–Kier alpha value is -2.01. The predicted molar refractivity (Wildman–Crippen MR) is 106 cm³/mol. The topological polar surface area (TPSA) is 59.2 Å². The maximum absolute atomic E-state index is 11.9. The van der Waals surface area contributed by atoms with Crippen molar-refractivity contribution in [2.45, 2.75) is 64.8 Å². The molecule has 0 N–H and O–H groups in total. The molecule has 5 heteroatoms. The van der Waals surface area contributed by atoms with Crippen molar-refractivity contribution in [2.75, 3.05) is 13.1 Å². The fourth-order valence-electron chi connectivity index (χ4n) is 3.67. The summed E-state index contributed by atoms with van der Waals surface area (Å²) >= 11 is 0. The van der Waals surface area contributed by atoms with E-state index in [9.17, 15) is 4.79 Å². The summed E-state index contributed by atoms with van der Waals surface area (Å²) in [4.78, 5) is 23.0. The van der Waals surface area contributed by atoms with E-state index < -0.39 is 0 Å². The van der Waals surface area contributed by atoms with E-state index in [2.05, 4.69) is 47.8 Å². The molecular formula is C22H31N3O2. The van der Waals surface area contributed by atoms with E-state index in [0.717, 1.165) is 44.1 Å². The Kier molecular flexibility index (Phi) is 6.42. The average Bonchev–Trinajstić information content (AvgIpc) is 3.18. The third-order valence-electron chi connectivity index (χ3n) is 5.39. The van der Waals surface area contributed by atoms with Gasteiger partial charge in [0.1, 0.15) is 6.26 Å². The maximum Gasteiger partial charge on any atom is 0.263 e. The number of pyridine rings is 1. The fraction of sp³-hybridized carbons (Fsp3) is 0.591. The maximum atomic E-state index is 11.9. The third-order valence-corrected chi connectivity index (χ3v) is 5.39. The van der Waals surface area contributed by atoms with E-state index in [1.165, 1.54) is 30.9 Å². The molecule has 1 aliphatic rings. The van der Waals surface area contributed by atoms with Crippen LogP contribution in [0.2, 0.25) is 0 Å². The summed E-state index contributed by atoms with van der Waals surface area (Å²) in [5, 5.41) is 0. The van der Waals surface area contributed by atoms with Gasteiger partial charge in [0.15, 0.2) is 0 Å². The van der Waals surface area contributed by atoms with Gasteiger partial charge in [0.05, 0.1) is 6.20 Å². The standard InChI is InChI=1S/C22H31N3O2/c1-22(2,3)20-8-7-18(15-24-20)16-25-12-9-17(10-13-25)5-4-6-19(26)21-23-11-14-27-21/h7-8,11,14-15,17H,4-6,9-10,12-13,16H2,1-3H3. The zero-order valence-electron chi connectivity index (χ0n) is 16.8. The Labute approximate surface area is 162 Å². The van der Waals surface area contributed by atoms with Crippen molar-refractivity contribution in [2.24, 2.45) is 5.92 Å². The lowest BCUT2D eigenvalue weighted by Crippen LogP contribution is -2.33.